The summed E-state index contributed by atoms with van der Waals surface area (Å²) in [7, 11) is 0. The maximum atomic E-state index is 12.3. The van der Waals surface area contributed by atoms with Crippen LogP contribution in [0.2, 0.25) is 0 Å². The summed E-state index contributed by atoms with van der Waals surface area (Å²) in [6.07, 6.45) is 2.28. The lowest BCUT2D eigenvalue weighted by Crippen LogP contribution is -2.25. The largest absolute Gasteiger partial charge is 0.478 e. The van der Waals surface area contributed by atoms with Gasteiger partial charge in [-0.1, -0.05) is 54.6 Å². The fourth-order valence-corrected chi connectivity index (χ4v) is 4.54. The van der Waals surface area contributed by atoms with Gasteiger partial charge in [0.2, 0.25) is 0 Å². The fraction of sp³-hybridized carbons (Fsp3) is 0.200. The van der Waals surface area contributed by atoms with Gasteiger partial charge in [-0.05, 0) is 29.2 Å². The number of thiazole rings is 1. The van der Waals surface area contributed by atoms with E-state index in [0.717, 1.165) is 33.6 Å². The molecule has 0 spiro atoms. The topological polar surface area (TPSA) is 118 Å². The van der Waals surface area contributed by atoms with Crippen molar-refractivity contribution in [2.45, 2.75) is 19.4 Å². The van der Waals surface area contributed by atoms with E-state index < -0.39 is 12.1 Å². The Morgan fingerprint density at radius 3 is 2.35 bits per heavy atom. The molecule has 0 radical (unpaired) electrons. The number of carboxylic acid groups (broad SMARTS) is 1. The maximum absolute atomic E-state index is 12.3. The second-order valence-electron chi connectivity index (χ2n) is 7.70. The Labute approximate surface area is 200 Å². The van der Waals surface area contributed by atoms with Gasteiger partial charge in [-0.3, -0.25) is 4.79 Å². The molecule has 8 nitrogen and oxygen atoms in total. The number of carboxylic acids is 1. The molecule has 0 saturated carbocycles. The lowest BCUT2D eigenvalue weighted by Gasteiger charge is -2.14. The molecular formula is C25H23N3O5S. The SMILES string of the molecule is C/C(=C\CNC(=O)c1cnc(CNC(=O)OCC2c3ccccc3-c3ccccc32)s1)C(=O)O. The van der Waals surface area contributed by atoms with Gasteiger partial charge < -0.3 is 20.5 Å². The molecule has 1 heterocycles. The van der Waals surface area contributed by atoms with Crippen molar-refractivity contribution >= 4 is 29.3 Å². The number of aromatic nitrogens is 1. The summed E-state index contributed by atoms with van der Waals surface area (Å²) in [5, 5.41) is 14.7. The minimum Gasteiger partial charge on any atom is -0.478 e. The molecule has 1 aliphatic rings. The Kier molecular flexibility index (Phi) is 7.03. The average molecular weight is 478 g/mol. The lowest BCUT2D eigenvalue weighted by atomic mass is 9.98. The molecule has 3 N–H and O–H groups in total. The summed E-state index contributed by atoms with van der Waals surface area (Å²) in [5.41, 5.74) is 4.75. The van der Waals surface area contributed by atoms with Crippen LogP contribution in [-0.4, -0.2) is 41.2 Å². The average Bonchev–Trinajstić information content (AvgIpc) is 3.44. The highest BCUT2D eigenvalue weighted by Gasteiger charge is 2.29. The molecule has 0 bridgehead atoms. The first kappa shape index (κ1) is 23.2. The highest BCUT2D eigenvalue weighted by molar-refractivity contribution is 7.13. The number of rotatable bonds is 8. The third kappa shape index (κ3) is 5.15. The lowest BCUT2D eigenvalue weighted by molar-refractivity contribution is -0.132. The molecule has 2 amide bonds. The zero-order valence-corrected chi connectivity index (χ0v) is 19.2. The quantitative estimate of drug-likeness (QED) is 0.423. The van der Waals surface area contributed by atoms with E-state index >= 15 is 0 Å². The van der Waals surface area contributed by atoms with Crippen LogP contribution < -0.4 is 10.6 Å². The van der Waals surface area contributed by atoms with Gasteiger partial charge in [-0.15, -0.1) is 11.3 Å². The highest BCUT2D eigenvalue weighted by Crippen LogP contribution is 2.44. The predicted molar refractivity (Wildman–Crippen MR) is 128 cm³/mol. The van der Waals surface area contributed by atoms with E-state index in [2.05, 4.69) is 39.9 Å². The molecule has 0 atom stereocenters. The van der Waals surface area contributed by atoms with Crippen LogP contribution in [0.5, 0.6) is 0 Å². The number of benzene rings is 2. The van der Waals surface area contributed by atoms with Crippen molar-refractivity contribution in [3.63, 3.8) is 0 Å². The standard InChI is InChI=1S/C25H23N3O5S/c1-15(24(30)31)10-11-26-23(29)21-12-27-22(34-21)13-28-25(32)33-14-20-18-8-4-2-6-16(18)17-7-3-5-9-19(17)20/h2-10,12,20H,11,13-14H2,1H3,(H,26,29)(H,28,32)(H,30,31)/b15-10+. The summed E-state index contributed by atoms with van der Waals surface area (Å²) < 4.78 is 5.50. The zero-order valence-electron chi connectivity index (χ0n) is 18.4. The van der Waals surface area contributed by atoms with E-state index in [1.54, 1.807) is 0 Å². The van der Waals surface area contributed by atoms with Crippen molar-refractivity contribution in [1.29, 1.82) is 0 Å². The summed E-state index contributed by atoms with van der Waals surface area (Å²) in [4.78, 5) is 39.8. The second-order valence-corrected chi connectivity index (χ2v) is 8.81. The fourth-order valence-electron chi connectivity index (χ4n) is 3.77. The van der Waals surface area contributed by atoms with E-state index in [-0.39, 0.29) is 37.1 Å². The first-order chi connectivity index (χ1) is 16.4. The molecule has 1 aromatic heterocycles. The number of carbonyl (C=O) groups excluding carboxylic acids is 2. The monoisotopic (exact) mass is 477 g/mol. The number of carbonyl (C=O) groups is 3. The van der Waals surface area contributed by atoms with Crippen molar-refractivity contribution in [3.05, 3.63) is 87.4 Å². The third-order valence-corrected chi connectivity index (χ3v) is 6.51. The van der Waals surface area contributed by atoms with Crippen LogP contribution in [0.3, 0.4) is 0 Å². The van der Waals surface area contributed by atoms with Crippen LogP contribution in [0.25, 0.3) is 11.1 Å². The van der Waals surface area contributed by atoms with Gasteiger partial charge in [0.05, 0.1) is 12.7 Å². The summed E-state index contributed by atoms with van der Waals surface area (Å²) in [6, 6.07) is 16.2. The molecule has 1 aliphatic carbocycles. The van der Waals surface area contributed by atoms with Gasteiger partial charge in [0, 0.05) is 18.0 Å². The van der Waals surface area contributed by atoms with Gasteiger partial charge in [0.15, 0.2) is 0 Å². The Hall–Kier alpha value is -3.98. The molecule has 9 heteroatoms. The number of hydrogen-bond donors (Lipinski definition) is 3. The van der Waals surface area contributed by atoms with Crippen LogP contribution in [0.1, 0.15) is 38.6 Å². The van der Waals surface area contributed by atoms with Gasteiger partial charge >= 0.3 is 12.1 Å². The zero-order chi connectivity index (χ0) is 24.1. The number of ether oxygens (including phenoxy) is 1. The third-order valence-electron chi connectivity index (χ3n) is 5.51. The molecule has 174 valence electrons. The van der Waals surface area contributed by atoms with Crippen molar-refractivity contribution < 1.29 is 24.2 Å². The number of amides is 2. The van der Waals surface area contributed by atoms with E-state index in [9.17, 15) is 14.4 Å². The Bertz CT molecular complexity index is 1220. The molecule has 0 fully saturated rings. The normalized spacial score (nSPS) is 12.6. The Morgan fingerprint density at radius 2 is 1.71 bits per heavy atom. The number of aliphatic carboxylic acids is 1. The van der Waals surface area contributed by atoms with Crippen molar-refractivity contribution in [1.82, 2.24) is 15.6 Å². The van der Waals surface area contributed by atoms with Gasteiger partial charge in [-0.25, -0.2) is 14.6 Å². The first-order valence-electron chi connectivity index (χ1n) is 10.7. The van der Waals surface area contributed by atoms with E-state index in [4.69, 9.17) is 9.84 Å². The predicted octanol–water partition coefficient (Wildman–Crippen LogP) is 3.94. The maximum Gasteiger partial charge on any atom is 0.407 e. The molecule has 4 rings (SSSR count). The minimum atomic E-state index is -1.03. The van der Waals surface area contributed by atoms with E-state index in [1.165, 1.54) is 19.2 Å². The number of nitrogens with one attached hydrogen (secondary N) is 2. The molecule has 0 saturated heterocycles. The molecule has 2 aromatic carbocycles. The van der Waals surface area contributed by atoms with Crippen LogP contribution in [-0.2, 0) is 16.1 Å². The molecule has 0 unspecified atom stereocenters. The molecule has 0 aliphatic heterocycles. The van der Waals surface area contributed by atoms with Crippen molar-refractivity contribution in [2.24, 2.45) is 0 Å². The number of nitrogens with zero attached hydrogens (tertiary/aromatic N) is 1. The van der Waals surface area contributed by atoms with Crippen LogP contribution in [0.15, 0.2) is 66.4 Å². The smallest absolute Gasteiger partial charge is 0.407 e. The van der Waals surface area contributed by atoms with Gasteiger partial charge in [-0.2, -0.15) is 0 Å². The first-order valence-corrected chi connectivity index (χ1v) is 11.5. The Balaban J connectivity index is 1.28. The van der Waals surface area contributed by atoms with Gasteiger partial charge in [0.25, 0.3) is 5.91 Å². The number of alkyl carbamates (subject to hydrolysis) is 1. The summed E-state index contributed by atoms with van der Waals surface area (Å²) in [6.45, 7) is 1.90. The summed E-state index contributed by atoms with van der Waals surface area (Å²) >= 11 is 1.14. The van der Waals surface area contributed by atoms with Crippen LogP contribution in [0.4, 0.5) is 4.79 Å². The molecular weight excluding hydrogens is 454 g/mol. The second kappa shape index (κ2) is 10.3. The van der Waals surface area contributed by atoms with Crippen LogP contribution in [0, 0.1) is 0 Å². The van der Waals surface area contributed by atoms with E-state index in [1.807, 2.05) is 24.3 Å². The molecule has 34 heavy (non-hydrogen) atoms. The van der Waals surface area contributed by atoms with E-state index in [0.29, 0.717) is 9.88 Å². The van der Waals surface area contributed by atoms with Crippen molar-refractivity contribution in [3.8, 4) is 11.1 Å². The highest BCUT2D eigenvalue weighted by atomic mass is 32.1. The number of fused-ring (bicyclic) bond motifs is 3. The van der Waals surface area contributed by atoms with Gasteiger partial charge in [0.1, 0.15) is 16.5 Å². The Morgan fingerprint density at radius 1 is 1.06 bits per heavy atom. The van der Waals surface area contributed by atoms with Crippen LogP contribution >= 0.6 is 11.3 Å². The minimum absolute atomic E-state index is 0.0212. The molecule has 3 aromatic rings. The van der Waals surface area contributed by atoms with Crippen molar-refractivity contribution in [2.75, 3.05) is 13.2 Å². The number of hydrogen-bond acceptors (Lipinski definition) is 6. The summed E-state index contributed by atoms with van der Waals surface area (Å²) in [5.74, 6) is -1.42.